The molecule has 2 aromatic rings. The number of amides is 2. The van der Waals surface area contributed by atoms with E-state index in [-0.39, 0.29) is 6.61 Å². The van der Waals surface area contributed by atoms with Gasteiger partial charge in [-0.2, -0.15) is 5.10 Å². The number of carbonyl (C=O) groups excluding carboxylic acids is 2. The number of benzene rings is 1. The third-order valence-electron chi connectivity index (χ3n) is 2.76. The minimum absolute atomic E-state index is 0.273. The van der Waals surface area contributed by atoms with Crippen LogP contribution in [0.15, 0.2) is 36.7 Å². The first kappa shape index (κ1) is 14.5. The predicted octanol–water partition coefficient (Wildman–Crippen LogP) is -0.336. The molecule has 0 saturated heterocycles. The first-order chi connectivity index (χ1) is 10.1. The molecule has 0 bridgehead atoms. The van der Waals surface area contributed by atoms with E-state index in [1.165, 1.54) is 17.1 Å². The van der Waals surface area contributed by atoms with Crippen LogP contribution in [0.2, 0.25) is 0 Å². The first-order valence-electron chi connectivity index (χ1n) is 6.17. The average Bonchev–Trinajstić information content (AvgIpc) is 2.96. The third-order valence-corrected chi connectivity index (χ3v) is 2.76. The molecule has 8 nitrogen and oxygen atoms in total. The molecule has 0 aliphatic heterocycles. The largest absolute Gasteiger partial charge is 0.491 e. The highest BCUT2D eigenvalue weighted by molar-refractivity contribution is 5.96. The molecule has 0 atom stereocenters. The number of aromatic nitrogens is 2. The standard InChI is InChI=1S/C13H15N5O3/c14-12(19)9-7-16-18(8-9)5-6-21-11-4-2-1-3-10(11)13(20)17-15/h1-4,7-8H,5-6,15H2,(H2,14,19)(H,17,20). The molecule has 2 amide bonds. The van der Waals surface area contributed by atoms with E-state index in [1.807, 2.05) is 0 Å². The lowest BCUT2D eigenvalue weighted by Gasteiger charge is -2.10. The van der Waals surface area contributed by atoms with Gasteiger partial charge < -0.3 is 10.5 Å². The van der Waals surface area contributed by atoms with Crippen LogP contribution in [0.3, 0.4) is 0 Å². The number of nitrogen functional groups attached to an aromatic ring is 1. The number of nitrogens with zero attached hydrogens (tertiary/aromatic N) is 2. The van der Waals surface area contributed by atoms with Crippen molar-refractivity contribution in [1.82, 2.24) is 15.2 Å². The summed E-state index contributed by atoms with van der Waals surface area (Å²) < 4.78 is 7.07. The van der Waals surface area contributed by atoms with E-state index in [2.05, 4.69) is 10.5 Å². The summed E-state index contributed by atoms with van der Waals surface area (Å²) in [6.07, 6.45) is 2.92. The maximum Gasteiger partial charge on any atom is 0.268 e. The van der Waals surface area contributed by atoms with Crippen molar-refractivity contribution in [3.63, 3.8) is 0 Å². The van der Waals surface area contributed by atoms with Crippen molar-refractivity contribution in [2.24, 2.45) is 11.6 Å². The van der Waals surface area contributed by atoms with Gasteiger partial charge >= 0.3 is 0 Å². The van der Waals surface area contributed by atoms with Gasteiger partial charge in [0, 0.05) is 6.20 Å². The van der Waals surface area contributed by atoms with E-state index >= 15 is 0 Å². The number of ether oxygens (including phenoxy) is 1. The Morgan fingerprint density at radius 3 is 2.76 bits per heavy atom. The third kappa shape index (κ3) is 3.57. The monoisotopic (exact) mass is 289 g/mol. The molecule has 8 heteroatoms. The quantitative estimate of drug-likeness (QED) is 0.381. The maximum atomic E-state index is 11.6. The van der Waals surface area contributed by atoms with Gasteiger partial charge in [-0.1, -0.05) is 12.1 Å². The van der Waals surface area contributed by atoms with E-state index in [1.54, 1.807) is 24.3 Å². The number of rotatable bonds is 6. The number of nitrogens with two attached hydrogens (primary N) is 2. The van der Waals surface area contributed by atoms with Gasteiger partial charge in [0.25, 0.3) is 11.8 Å². The molecule has 0 saturated carbocycles. The molecule has 0 fully saturated rings. The molecule has 21 heavy (non-hydrogen) atoms. The lowest BCUT2D eigenvalue weighted by Crippen LogP contribution is -2.30. The molecule has 0 aliphatic rings. The summed E-state index contributed by atoms with van der Waals surface area (Å²) in [7, 11) is 0. The van der Waals surface area contributed by atoms with Crippen molar-refractivity contribution in [2.75, 3.05) is 6.61 Å². The number of hydrogen-bond donors (Lipinski definition) is 3. The molecule has 0 aliphatic carbocycles. The predicted molar refractivity (Wildman–Crippen MR) is 74.3 cm³/mol. The first-order valence-corrected chi connectivity index (χ1v) is 6.17. The van der Waals surface area contributed by atoms with E-state index in [9.17, 15) is 9.59 Å². The fourth-order valence-corrected chi connectivity index (χ4v) is 1.72. The topological polar surface area (TPSA) is 125 Å². The highest BCUT2D eigenvalue weighted by atomic mass is 16.5. The zero-order chi connectivity index (χ0) is 15.2. The van der Waals surface area contributed by atoms with E-state index in [0.717, 1.165) is 0 Å². The fourth-order valence-electron chi connectivity index (χ4n) is 1.72. The number of hydrazine groups is 1. The second-order valence-electron chi connectivity index (χ2n) is 4.17. The van der Waals surface area contributed by atoms with Crippen molar-refractivity contribution in [3.05, 3.63) is 47.8 Å². The SMILES string of the molecule is NNC(=O)c1ccccc1OCCn1cc(C(N)=O)cn1. The number of primary amides is 1. The molecule has 5 N–H and O–H groups in total. The van der Waals surface area contributed by atoms with Gasteiger partial charge in [-0.3, -0.25) is 19.7 Å². The second-order valence-corrected chi connectivity index (χ2v) is 4.17. The van der Waals surface area contributed by atoms with Gasteiger partial charge in [-0.15, -0.1) is 0 Å². The number of hydrogen-bond acceptors (Lipinski definition) is 5. The smallest absolute Gasteiger partial charge is 0.268 e. The van der Waals surface area contributed by atoms with Crippen molar-refractivity contribution in [2.45, 2.75) is 6.54 Å². The number of nitrogens with one attached hydrogen (secondary N) is 1. The Bertz CT molecular complexity index is 653. The summed E-state index contributed by atoms with van der Waals surface area (Å²) >= 11 is 0. The lowest BCUT2D eigenvalue weighted by molar-refractivity contribution is 0.0948. The summed E-state index contributed by atoms with van der Waals surface area (Å²) in [6, 6.07) is 6.74. The number of carbonyl (C=O) groups is 2. The van der Waals surface area contributed by atoms with Gasteiger partial charge in [0.15, 0.2) is 0 Å². The van der Waals surface area contributed by atoms with Crippen LogP contribution in [-0.2, 0) is 6.54 Å². The second kappa shape index (κ2) is 6.53. The zero-order valence-electron chi connectivity index (χ0n) is 11.2. The highest BCUT2D eigenvalue weighted by Crippen LogP contribution is 2.17. The van der Waals surface area contributed by atoms with Gasteiger partial charge in [-0.05, 0) is 12.1 Å². The maximum absolute atomic E-state index is 11.6. The van der Waals surface area contributed by atoms with Crippen molar-refractivity contribution in [1.29, 1.82) is 0 Å². The van der Waals surface area contributed by atoms with Crippen molar-refractivity contribution in [3.8, 4) is 5.75 Å². The Hall–Kier alpha value is -2.87. The Labute approximate surface area is 120 Å². The van der Waals surface area contributed by atoms with E-state index < -0.39 is 11.8 Å². The molecule has 110 valence electrons. The molecular weight excluding hydrogens is 274 g/mol. The van der Waals surface area contributed by atoms with E-state index in [4.69, 9.17) is 16.3 Å². The van der Waals surface area contributed by atoms with Crippen molar-refractivity contribution < 1.29 is 14.3 Å². The summed E-state index contributed by atoms with van der Waals surface area (Å²) in [4.78, 5) is 22.5. The van der Waals surface area contributed by atoms with Crippen LogP contribution in [-0.4, -0.2) is 28.2 Å². The van der Waals surface area contributed by atoms with Crippen molar-refractivity contribution >= 4 is 11.8 Å². The van der Waals surface area contributed by atoms with Crippen LogP contribution < -0.4 is 21.7 Å². The molecule has 1 aromatic carbocycles. The Morgan fingerprint density at radius 1 is 1.33 bits per heavy atom. The van der Waals surface area contributed by atoms with Crippen LogP contribution in [0, 0.1) is 0 Å². The van der Waals surface area contributed by atoms with Gasteiger partial charge in [0.1, 0.15) is 12.4 Å². The molecule has 1 heterocycles. The lowest BCUT2D eigenvalue weighted by atomic mass is 10.2. The molecular formula is C13H15N5O3. The van der Waals surface area contributed by atoms with Crippen LogP contribution >= 0.6 is 0 Å². The fraction of sp³-hybridized carbons (Fsp3) is 0.154. The number of para-hydroxylation sites is 1. The van der Waals surface area contributed by atoms with Crippen LogP contribution in [0.25, 0.3) is 0 Å². The van der Waals surface area contributed by atoms with Gasteiger partial charge in [0.2, 0.25) is 0 Å². The Balaban J connectivity index is 1.97. The average molecular weight is 289 g/mol. The Morgan fingerprint density at radius 2 is 2.10 bits per heavy atom. The Kier molecular flexibility index (Phi) is 4.52. The minimum Gasteiger partial charge on any atom is -0.491 e. The normalized spacial score (nSPS) is 10.1. The minimum atomic E-state index is -0.535. The molecule has 2 rings (SSSR count). The molecule has 0 spiro atoms. The van der Waals surface area contributed by atoms with Crippen LogP contribution in [0.5, 0.6) is 5.75 Å². The molecule has 1 aromatic heterocycles. The summed E-state index contributed by atoms with van der Waals surface area (Å²) in [5, 5.41) is 3.98. The zero-order valence-corrected chi connectivity index (χ0v) is 11.2. The summed E-state index contributed by atoms with van der Waals surface area (Å²) in [5.74, 6) is 4.57. The molecule has 0 unspecified atom stereocenters. The van der Waals surface area contributed by atoms with Gasteiger partial charge in [0.05, 0.1) is 23.9 Å². The van der Waals surface area contributed by atoms with E-state index in [0.29, 0.717) is 23.4 Å². The van der Waals surface area contributed by atoms with Gasteiger partial charge in [-0.25, -0.2) is 5.84 Å². The van der Waals surface area contributed by atoms with Crippen LogP contribution in [0.4, 0.5) is 0 Å². The summed E-state index contributed by atoms with van der Waals surface area (Å²) in [5.41, 5.74) is 7.87. The molecule has 0 radical (unpaired) electrons. The highest BCUT2D eigenvalue weighted by Gasteiger charge is 2.10. The summed E-state index contributed by atoms with van der Waals surface area (Å²) in [6.45, 7) is 0.681. The van der Waals surface area contributed by atoms with Crippen LogP contribution in [0.1, 0.15) is 20.7 Å².